The summed E-state index contributed by atoms with van der Waals surface area (Å²) in [5.41, 5.74) is 6.19. The van der Waals surface area contributed by atoms with Gasteiger partial charge in [0.1, 0.15) is 15.7 Å². The minimum absolute atomic E-state index is 0.101. The second kappa shape index (κ2) is 6.07. The minimum Gasteiger partial charge on any atom is -0.324 e. The third-order valence-corrected chi connectivity index (χ3v) is 4.40. The number of halogens is 1. The highest BCUT2D eigenvalue weighted by Crippen LogP contribution is 2.18. The molecule has 2 N–H and O–H groups in total. The van der Waals surface area contributed by atoms with Gasteiger partial charge in [0, 0.05) is 23.6 Å². The Balaban J connectivity index is 2.51. The zero-order valence-electron chi connectivity index (χ0n) is 9.77. The average Bonchev–Trinajstić information content (AvgIpc) is 2.29. The van der Waals surface area contributed by atoms with Crippen molar-refractivity contribution >= 4 is 9.84 Å². The highest BCUT2D eigenvalue weighted by atomic mass is 32.2. The first-order chi connectivity index (χ1) is 7.96. The van der Waals surface area contributed by atoms with Crippen molar-refractivity contribution in [3.63, 3.8) is 0 Å². The van der Waals surface area contributed by atoms with Crippen LogP contribution in [0.2, 0.25) is 0 Å². The molecule has 1 aromatic heterocycles. The number of sulfone groups is 1. The molecule has 0 radical (unpaired) electrons. The average molecular weight is 260 g/mol. The number of pyridine rings is 1. The molecule has 0 aliphatic carbocycles. The van der Waals surface area contributed by atoms with Crippen molar-refractivity contribution in [2.45, 2.75) is 25.8 Å². The summed E-state index contributed by atoms with van der Waals surface area (Å²) in [6.45, 7) is 1.61. The molecule has 1 heterocycles. The van der Waals surface area contributed by atoms with Gasteiger partial charge in [-0.2, -0.15) is 0 Å². The number of hydrogen-bond acceptors (Lipinski definition) is 4. The van der Waals surface area contributed by atoms with Gasteiger partial charge in [-0.1, -0.05) is 6.92 Å². The largest absolute Gasteiger partial charge is 0.324 e. The van der Waals surface area contributed by atoms with Crippen molar-refractivity contribution in [3.8, 4) is 0 Å². The fourth-order valence-corrected chi connectivity index (χ4v) is 2.40. The van der Waals surface area contributed by atoms with Crippen LogP contribution in [0.25, 0.3) is 0 Å². The molecule has 1 unspecified atom stereocenters. The summed E-state index contributed by atoms with van der Waals surface area (Å²) in [5, 5.41) is 0. The summed E-state index contributed by atoms with van der Waals surface area (Å²) < 4.78 is 35.8. The van der Waals surface area contributed by atoms with Crippen molar-refractivity contribution in [2.24, 2.45) is 5.73 Å². The molecule has 0 aliphatic rings. The predicted octanol–water partition coefficient (Wildman–Crippen LogP) is 1.44. The molecule has 4 nitrogen and oxygen atoms in total. The van der Waals surface area contributed by atoms with Gasteiger partial charge < -0.3 is 5.73 Å². The number of rotatable bonds is 6. The monoisotopic (exact) mass is 260 g/mol. The fraction of sp³-hybridized carbons (Fsp3) is 0.545. The van der Waals surface area contributed by atoms with Crippen molar-refractivity contribution in [2.75, 3.05) is 11.5 Å². The summed E-state index contributed by atoms with van der Waals surface area (Å²) in [7, 11) is -2.97. The molecule has 0 aromatic carbocycles. The first-order valence-corrected chi connectivity index (χ1v) is 7.34. The Morgan fingerprint density at radius 2 is 2.24 bits per heavy atom. The van der Waals surface area contributed by atoms with Gasteiger partial charge in [-0.25, -0.2) is 12.8 Å². The third kappa shape index (κ3) is 4.40. The summed E-state index contributed by atoms with van der Waals surface area (Å²) in [4.78, 5) is 3.63. The van der Waals surface area contributed by atoms with E-state index >= 15 is 0 Å². The molecule has 1 atom stereocenters. The van der Waals surface area contributed by atoms with Gasteiger partial charge in [0.25, 0.3) is 0 Å². The SMILES string of the molecule is CCS(=O)(=O)CCCC(N)c1ccncc1F. The fourth-order valence-electron chi connectivity index (χ4n) is 1.51. The van der Waals surface area contributed by atoms with Gasteiger partial charge >= 0.3 is 0 Å². The van der Waals surface area contributed by atoms with E-state index in [4.69, 9.17) is 5.73 Å². The van der Waals surface area contributed by atoms with Gasteiger partial charge in [0.05, 0.1) is 11.9 Å². The van der Waals surface area contributed by atoms with Crippen molar-refractivity contribution < 1.29 is 12.8 Å². The molecule has 0 saturated heterocycles. The molecular weight excluding hydrogens is 243 g/mol. The van der Waals surface area contributed by atoms with Crippen LogP contribution in [0.15, 0.2) is 18.5 Å². The molecule has 0 aliphatic heterocycles. The minimum atomic E-state index is -2.97. The first-order valence-electron chi connectivity index (χ1n) is 5.51. The zero-order valence-corrected chi connectivity index (χ0v) is 10.6. The lowest BCUT2D eigenvalue weighted by Gasteiger charge is -2.12. The van der Waals surface area contributed by atoms with Crippen LogP contribution in [-0.4, -0.2) is 24.9 Å². The summed E-state index contributed by atoms with van der Waals surface area (Å²) in [6, 6.07) is 1.04. The van der Waals surface area contributed by atoms with E-state index in [0.29, 0.717) is 18.4 Å². The number of nitrogens with zero attached hydrogens (tertiary/aromatic N) is 1. The Labute approximate surface area is 101 Å². The Hall–Kier alpha value is -1.01. The first kappa shape index (κ1) is 14.1. The van der Waals surface area contributed by atoms with Crippen molar-refractivity contribution in [3.05, 3.63) is 29.8 Å². The van der Waals surface area contributed by atoms with E-state index in [1.54, 1.807) is 6.92 Å². The van der Waals surface area contributed by atoms with Crippen molar-refractivity contribution in [1.82, 2.24) is 4.98 Å². The molecule has 96 valence electrons. The summed E-state index contributed by atoms with van der Waals surface area (Å²) in [5.74, 6) is -0.214. The van der Waals surface area contributed by atoms with Crippen LogP contribution in [0.5, 0.6) is 0 Å². The Kier molecular flexibility index (Phi) is 5.02. The Morgan fingerprint density at radius 1 is 1.53 bits per heavy atom. The molecule has 0 amide bonds. The molecule has 6 heteroatoms. The Bertz CT molecular complexity index is 462. The molecule has 0 bridgehead atoms. The van der Waals surface area contributed by atoms with Crippen LogP contribution in [0.4, 0.5) is 4.39 Å². The molecule has 1 aromatic rings. The second-order valence-electron chi connectivity index (χ2n) is 3.88. The quantitative estimate of drug-likeness (QED) is 0.840. The number of nitrogens with two attached hydrogens (primary N) is 1. The van der Waals surface area contributed by atoms with Crippen LogP contribution in [0, 0.1) is 5.82 Å². The Morgan fingerprint density at radius 3 is 2.82 bits per heavy atom. The van der Waals surface area contributed by atoms with Gasteiger partial charge in [-0.05, 0) is 18.9 Å². The lowest BCUT2D eigenvalue weighted by atomic mass is 10.0. The van der Waals surface area contributed by atoms with Crippen LogP contribution >= 0.6 is 0 Å². The normalized spacial score (nSPS) is 13.6. The van der Waals surface area contributed by atoms with Crippen molar-refractivity contribution in [1.29, 1.82) is 0 Å². The van der Waals surface area contributed by atoms with E-state index in [9.17, 15) is 12.8 Å². The van der Waals surface area contributed by atoms with E-state index in [1.807, 2.05) is 0 Å². The maximum Gasteiger partial charge on any atom is 0.150 e. The smallest absolute Gasteiger partial charge is 0.150 e. The standard InChI is InChI=1S/C11H17FN2O2S/c1-2-17(15,16)7-3-4-11(13)9-5-6-14-8-10(9)12/h5-6,8,11H,2-4,7,13H2,1H3. The predicted molar refractivity (Wildman–Crippen MR) is 64.7 cm³/mol. The highest BCUT2D eigenvalue weighted by Gasteiger charge is 2.13. The van der Waals surface area contributed by atoms with Gasteiger partial charge in [-0.3, -0.25) is 4.98 Å². The zero-order chi connectivity index (χ0) is 12.9. The maximum absolute atomic E-state index is 13.3. The van der Waals surface area contributed by atoms with E-state index < -0.39 is 21.7 Å². The molecule has 17 heavy (non-hydrogen) atoms. The molecule has 1 rings (SSSR count). The lowest BCUT2D eigenvalue weighted by molar-refractivity contribution is 0.551. The van der Waals surface area contributed by atoms with E-state index in [2.05, 4.69) is 4.98 Å². The van der Waals surface area contributed by atoms with Crippen LogP contribution < -0.4 is 5.73 Å². The van der Waals surface area contributed by atoms with Gasteiger partial charge in [0.15, 0.2) is 0 Å². The topological polar surface area (TPSA) is 73.0 Å². The second-order valence-corrected chi connectivity index (χ2v) is 6.36. The van der Waals surface area contributed by atoms with E-state index in [-0.39, 0.29) is 11.5 Å². The third-order valence-electron chi connectivity index (χ3n) is 2.61. The highest BCUT2D eigenvalue weighted by molar-refractivity contribution is 7.91. The summed E-state index contributed by atoms with van der Waals surface area (Å²) in [6.07, 6.45) is 3.47. The molecule has 0 saturated carbocycles. The van der Waals surface area contributed by atoms with Crippen LogP contribution in [-0.2, 0) is 9.84 Å². The van der Waals surface area contributed by atoms with Crippen LogP contribution in [0.1, 0.15) is 31.4 Å². The molecule has 0 fully saturated rings. The lowest BCUT2D eigenvalue weighted by Crippen LogP contribution is -2.15. The summed E-state index contributed by atoms with van der Waals surface area (Å²) >= 11 is 0. The van der Waals surface area contributed by atoms with E-state index in [1.165, 1.54) is 12.3 Å². The van der Waals surface area contributed by atoms with Gasteiger partial charge in [0.2, 0.25) is 0 Å². The maximum atomic E-state index is 13.3. The molecule has 0 spiro atoms. The van der Waals surface area contributed by atoms with Gasteiger partial charge in [-0.15, -0.1) is 0 Å². The number of aromatic nitrogens is 1. The number of hydrogen-bond donors (Lipinski definition) is 1. The van der Waals surface area contributed by atoms with Crippen LogP contribution in [0.3, 0.4) is 0 Å². The molecular formula is C11H17FN2O2S. The van der Waals surface area contributed by atoms with E-state index in [0.717, 1.165) is 6.20 Å².